The van der Waals surface area contributed by atoms with E-state index in [1.165, 1.54) is 21.3 Å². The number of methoxy groups -OCH3 is 3. The maximum Gasteiger partial charge on any atom is 0.407 e. The van der Waals surface area contributed by atoms with Crippen molar-refractivity contribution < 1.29 is 47.5 Å². The molecule has 1 amide bonds. The summed E-state index contributed by atoms with van der Waals surface area (Å²) in [4.78, 5) is 37.9. The molecular weight excluding hydrogens is 498 g/mol. The van der Waals surface area contributed by atoms with Crippen LogP contribution < -0.4 is 19.5 Å². The lowest BCUT2D eigenvalue weighted by Crippen LogP contribution is -2.52. The Morgan fingerprint density at radius 1 is 0.842 bits per heavy atom. The van der Waals surface area contributed by atoms with Gasteiger partial charge in [0.25, 0.3) is 5.60 Å². The Hall–Kier alpha value is -3.21. The van der Waals surface area contributed by atoms with Crippen LogP contribution >= 0.6 is 0 Å². The Morgan fingerprint density at radius 3 is 1.84 bits per heavy atom. The lowest BCUT2D eigenvalue weighted by molar-refractivity contribution is -0.192. The van der Waals surface area contributed by atoms with Crippen LogP contribution in [0.1, 0.15) is 59.4 Å². The van der Waals surface area contributed by atoms with Gasteiger partial charge in [0, 0.05) is 19.6 Å². The third-order valence-corrected chi connectivity index (χ3v) is 5.27. The first kappa shape index (κ1) is 32.8. The summed E-state index contributed by atoms with van der Waals surface area (Å²) in [7, 11) is 4.60. The van der Waals surface area contributed by atoms with Gasteiger partial charge in [-0.25, -0.2) is 14.4 Å². The fraction of sp³-hybridized carbons (Fsp3) is 0.667. The number of carbonyl (C=O) groups is 3. The quantitative estimate of drug-likeness (QED) is 0.143. The van der Waals surface area contributed by atoms with Crippen molar-refractivity contribution in [2.24, 2.45) is 0 Å². The number of rotatable bonds is 16. The minimum Gasteiger partial charge on any atom is -0.493 e. The third-order valence-electron chi connectivity index (χ3n) is 5.27. The number of benzene rings is 1. The van der Waals surface area contributed by atoms with Gasteiger partial charge < -0.3 is 38.5 Å². The Balaban J connectivity index is 2.97. The first-order valence-electron chi connectivity index (χ1n) is 12.7. The number of amides is 1. The molecule has 1 N–H and O–H groups in total. The zero-order valence-corrected chi connectivity index (χ0v) is 23.9. The zero-order valence-electron chi connectivity index (χ0n) is 23.9. The van der Waals surface area contributed by atoms with Crippen molar-refractivity contribution in [1.82, 2.24) is 5.32 Å². The highest BCUT2D eigenvalue weighted by Crippen LogP contribution is 2.38. The van der Waals surface area contributed by atoms with E-state index in [9.17, 15) is 14.4 Å². The van der Waals surface area contributed by atoms with Crippen LogP contribution in [-0.4, -0.2) is 76.9 Å². The lowest BCUT2D eigenvalue weighted by Gasteiger charge is -2.29. The molecule has 0 aromatic heterocycles. The monoisotopic (exact) mass is 541 g/mol. The van der Waals surface area contributed by atoms with Gasteiger partial charge in [0.1, 0.15) is 5.60 Å². The summed E-state index contributed by atoms with van der Waals surface area (Å²) in [5, 5.41) is 2.62. The molecule has 0 radical (unpaired) electrons. The highest BCUT2D eigenvalue weighted by atomic mass is 16.6. The van der Waals surface area contributed by atoms with Gasteiger partial charge >= 0.3 is 18.0 Å². The predicted molar refractivity (Wildman–Crippen MR) is 140 cm³/mol. The first-order valence-corrected chi connectivity index (χ1v) is 12.7. The Labute approximate surface area is 225 Å². The predicted octanol–water partition coefficient (Wildman–Crippen LogP) is 3.83. The van der Waals surface area contributed by atoms with Crippen molar-refractivity contribution in [1.29, 1.82) is 0 Å². The summed E-state index contributed by atoms with van der Waals surface area (Å²) in [5.74, 6) is -0.133. The van der Waals surface area contributed by atoms with E-state index in [4.69, 9.17) is 33.2 Å². The van der Waals surface area contributed by atoms with E-state index < -0.39 is 29.2 Å². The largest absolute Gasteiger partial charge is 0.493 e. The molecule has 0 unspecified atom stereocenters. The molecule has 0 spiro atoms. The van der Waals surface area contributed by atoms with Gasteiger partial charge in [0.05, 0.1) is 34.5 Å². The van der Waals surface area contributed by atoms with Gasteiger partial charge in [-0.3, -0.25) is 0 Å². The van der Waals surface area contributed by atoms with Crippen LogP contribution in [-0.2, 0) is 35.0 Å². The van der Waals surface area contributed by atoms with Crippen LogP contribution in [0.25, 0.3) is 0 Å². The summed E-state index contributed by atoms with van der Waals surface area (Å²) in [6, 6.07) is 3.65. The highest BCUT2D eigenvalue weighted by molar-refractivity contribution is 6.03. The van der Waals surface area contributed by atoms with Gasteiger partial charge in [-0.05, 0) is 71.6 Å². The zero-order chi connectivity index (χ0) is 28.8. The number of hydrogen-bond acceptors (Lipinski definition) is 10. The molecule has 11 nitrogen and oxygen atoms in total. The van der Waals surface area contributed by atoms with Gasteiger partial charge in [-0.1, -0.05) is 0 Å². The van der Waals surface area contributed by atoms with Crippen molar-refractivity contribution in [3.8, 4) is 17.2 Å². The van der Waals surface area contributed by atoms with E-state index >= 15 is 0 Å². The molecule has 0 bridgehead atoms. The SMILES string of the molecule is CCOC(=O)C(CCCNC(=O)OC(C)(C)C)(OCCCc1cc(OC)c(OC)c(OC)c1)C(=O)OCC. The van der Waals surface area contributed by atoms with Crippen molar-refractivity contribution >= 4 is 18.0 Å². The van der Waals surface area contributed by atoms with Crippen molar-refractivity contribution in [2.45, 2.75) is 71.5 Å². The summed E-state index contributed by atoms with van der Waals surface area (Å²) < 4.78 is 37.7. The van der Waals surface area contributed by atoms with Crippen molar-refractivity contribution in [3.63, 3.8) is 0 Å². The van der Waals surface area contributed by atoms with Gasteiger partial charge in [-0.2, -0.15) is 0 Å². The molecular formula is C27H43NO10. The molecule has 216 valence electrons. The molecule has 0 atom stereocenters. The van der Waals surface area contributed by atoms with Crippen molar-refractivity contribution in [2.75, 3.05) is 47.7 Å². The van der Waals surface area contributed by atoms with E-state index in [0.717, 1.165) is 5.56 Å². The van der Waals surface area contributed by atoms with Crippen LogP contribution in [0, 0.1) is 0 Å². The second-order valence-corrected chi connectivity index (χ2v) is 9.29. The van der Waals surface area contributed by atoms with Gasteiger partial charge in [-0.15, -0.1) is 0 Å². The maximum atomic E-state index is 13.0. The fourth-order valence-corrected chi connectivity index (χ4v) is 3.62. The van der Waals surface area contributed by atoms with E-state index in [2.05, 4.69) is 5.32 Å². The number of nitrogens with one attached hydrogen (secondary N) is 1. The van der Waals surface area contributed by atoms with E-state index in [-0.39, 0.29) is 39.2 Å². The molecule has 0 saturated heterocycles. The summed E-state index contributed by atoms with van der Waals surface area (Å²) in [6.45, 7) is 8.89. The molecule has 1 rings (SSSR count). The summed E-state index contributed by atoms with van der Waals surface area (Å²) in [5.41, 5.74) is -1.72. The van der Waals surface area contributed by atoms with Crippen molar-refractivity contribution in [3.05, 3.63) is 17.7 Å². The Kier molecular flexibility index (Phi) is 13.7. The number of esters is 2. The average molecular weight is 542 g/mol. The first-order chi connectivity index (χ1) is 18.0. The molecule has 0 aliphatic rings. The molecule has 0 saturated carbocycles. The summed E-state index contributed by atoms with van der Waals surface area (Å²) >= 11 is 0. The highest BCUT2D eigenvalue weighted by Gasteiger charge is 2.50. The smallest absolute Gasteiger partial charge is 0.407 e. The molecule has 38 heavy (non-hydrogen) atoms. The Morgan fingerprint density at radius 2 is 1.39 bits per heavy atom. The Bertz CT molecular complexity index is 867. The molecule has 1 aromatic rings. The van der Waals surface area contributed by atoms with Gasteiger partial charge in [0.2, 0.25) is 5.75 Å². The lowest BCUT2D eigenvalue weighted by atomic mass is 9.97. The summed E-state index contributed by atoms with van der Waals surface area (Å²) in [6.07, 6.45) is 0.601. The van der Waals surface area contributed by atoms with Crippen LogP contribution in [0.4, 0.5) is 4.79 Å². The van der Waals surface area contributed by atoms with Crippen LogP contribution in [0.5, 0.6) is 17.2 Å². The molecule has 0 aliphatic heterocycles. The second kappa shape index (κ2) is 15.9. The third kappa shape index (κ3) is 9.92. The van der Waals surface area contributed by atoms with Crippen LogP contribution in [0.15, 0.2) is 12.1 Å². The molecule has 0 fully saturated rings. The number of alkyl carbamates (subject to hydrolysis) is 1. The van der Waals surface area contributed by atoms with E-state index in [0.29, 0.717) is 30.1 Å². The van der Waals surface area contributed by atoms with E-state index in [1.807, 2.05) is 12.1 Å². The standard InChI is InChI=1S/C27H43NO10/c1-9-35-23(29)27(24(30)36-10-2,14-12-15-28-25(31)38-26(3,4)5)37-16-11-13-19-17-20(32-6)22(34-8)21(18-19)33-7/h17-18H,9-16H2,1-8H3,(H,28,31). The number of ether oxygens (including phenoxy) is 7. The van der Waals surface area contributed by atoms with Crippen LogP contribution in [0.3, 0.4) is 0 Å². The minimum absolute atomic E-state index is 0.0509. The van der Waals surface area contributed by atoms with Gasteiger partial charge in [0.15, 0.2) is 11.5 Å². The molecule has 1 aromatic carbocycles. The fourth-order valence-electron chi connectivity index (χ4n) is 3.62. The molecule has 11 heteroatoms. The number of hydrogen-bond donors (Lipinski definition) is 1. The molecule has 0 heterocycles. The maximum absolute atomic E-state index is 13.0. The normalized spacial score (nSPS) is 11.4. The molecule has 0 aliphatic carbocycles. The topological polar surface area (TPSA) is 128 Å². The minimum atomic E-state index is -1.96. The number of aryl methyl sites for hydroxylation is 1. The van der Waals surface area contributed by atoms with Crippen LogP contribution in [0.2, 0.25) is 0 Å². The second-order valence-electron chi connectivity index (χ2n) is 9.29. The van der Waals surface area contributed by atoms with E-state index in [1.54, 1.807) is 34.6 Å². The number of carbonyl (C=O) groups excluding carboxylic acids is 3. The average Bonchev–Trinajstić information content (AvgIpc) is 2.86.